The molecule has 1 aliphatic carbocycles. The summed E-state index contributed by atoms with van der Waals surface area (Å²) in [5, 5.41) is 2.74. The maximum atomic E-state index is 11.5. The molecule has 0 aromatic heterocycles. The van der Waals surface area contributed by atoms with E-state index in [4.69, 9.17) is 4.74 Å². The first-order valence-corrected chi connectivity index (χ1v) is 6.26. The summed E-state index contributed by atoms with van der Waals surface area (Å²) in [5.41, 5.74) is 1.81. The van der Waals surface area contributed by atoms with Crippen LogP contribution in [0.5, 0.6) is 5.75 Å². The number of aryl methyl sites for hydroxylation is 1. The van der Waals surface area contributed by atoms with Crippen molar-refractivity contribution in [3.63, 3.8) is 0 Å². The van der Waals surface area contributed by atoms with Crippen LogP contribution in [0, 0.1) is 0 Å². The van der Waals surface area contributed by atoms with Crippen LogP contribution < -0.4 is 10.1 Å². The summed E-state index contributed by atoms with van der Waals surface area (Å²) in [6.45, 7) is 2.69. The van der Waals surface area contributed by atoms with Crippen LogP contribution in [0.3, 0.4) is 0 Å². The number of amides is 1. The van der Waals surface area contributed by atoms with E-state index in [1.165, 1.54) is 0 Å². The van der Waals surface area contributed by atoms with Crippen molar-refractivity contribution >= 4 is 11.7 Å². The van der Waals surface area contributed by atoms with E-state index in [0.29, 0.717) is 18.7 Å². The largest absolute Gasteiger partial charge is 0.484 e. The number of carbonyl (C=O) groups excluding carboxylic acids is 2. The third-order valence-corrected chi connectivity index (χ3v) is 2.94. The quantitative estimate of drug-likeness (QED) is 0.862. The van der Waals surface area contributed by atoms with Crippen molar-refractivity contribution in [3.05, 3.63) is 29.3 Å². The Morgan fingerprint density at radius 2 is 2.22 bits per heavy atom. The number of benzene rings is 1. The molecule has 1 N–H and O–H groups in total. The number of Topliss-reactive ketones (excluding diaryl/α,β-unsaturated/α-hetero) is 1. The van der Waals surface area contributed by atoms with E-state index in [-0.39, 0.29) is 18.3 Å². The van der Waals surface area contributed by atoms with Gasteiger partial charge in [0.15, 0.2) is 12.4 Å². The molecule has 0 fully saturated rings. The van der Waals surface area contributed by atoms with Crippen LogP contribution in [-0.4, -0.2) is 24.8 Å². The van der Waals surface area contributed by atoms with Gasteiger partial charge in [-0.25, -0.2) is 0 Å². The van der Waals surface area contributed by atoms with Crippen molar-refractivity contribution in [2.75, 3.05) is 13.2 Å². The van der Waals surface area contributed by atoms with Gasteiger partial charge in [0.05, 0.1) is 0 Å². The maximum Gasteiger partial charge on any atom is 0.257 e. The Morgan fingerprint density at radius 3 is 3.00 bits per heavy atom. The number of hydrogen-bond acceptors (Lipinski definition) is 3. The summed E-state index contributed by atoms with van der Waals surface area (Å²) in [7, 11) is 0. The van der Waals surface area contributed by atoms with Gasteiger partial charge >= 0.3 is 0 Å². The Morgan fingerprint density at radius 1 is 1.39 bits per heavy atom. The van der Waals surface area contributed by atoms with Crippen LogP contribution in [-0.2, 0) is 11.2 Å². The Hall–Kier alpha value is -1.84. The number of ether oxygens (including phenoxy) is 1. The Bertz CT molecular complexity index is 468. The van der Waals surface area contributed by atoms with Crippen molar-refractivity contribution in [1.82, 2.24) is 5.32 Å². The summed E-state index contributed by atoms with van der Waals surface area (Å²) >= 11 is 0. The summed E-state index contributed by atoms with van der Waals surface area (Å²) in [4.78, 5) is 22.8. The molecule has 0 saturated carbocycles. The van der Waals surface area contributed by atoms with Crippen LogP contribution in [0.1, 0.15) is 35.7 Å². The molecule has 96 valence electrons. The van der Waals surface area contributed by atoms with Gasteiger partial charge < -0.3 is 10.1 Å². The standard InChI is InChI=1S/C14H17NO3/c1-2-7-15-14(17)9-18-11-4-5-12-10(8-11)3-6-13(12)16/h4-5,8H,2-3,6-7,9H2,1H3,(H,15,17). The summed E-state index contributed by atoms with van der Waals surface area (Å²) in [6.07, 6.45) is 2.26. The molecule has 18 heavy (non-hydrogen) atoms. The Labute approximate surface area is 106 Å². The van der Waals surface area contributed by atoms with E-state index in [0.717, 1.165) is 24.0 Å². The highest BCUT2D eigenvalue weighted by atomic mass is 16.5. The molecule has 1 aliphatic rings. The lowest BCUT2D eigenvalue weighted by Gasteiger charge is -2.08. The minimum Gasteiger partial charge on any atom is -0.484 e. The first-order valence-electron chi connectivity index (χ1n) is 6.26. The molecule has 0 radical (unpaired) electrons. The molecule has 0 unspecified atom stereocenters. The predicted molar refractivity (Wildman–Crippen MR) is 67.9 cm³/mol. The Kier molecular flexibility index (Phi) is 3.97. The fraction of sp³-hybridized carbons (Fsp3) is 0.429. The van der Waals surface area contributed by atoms with Gasteiger partial charge in [-0.3, -0.25) is 9.59 Å². The van der Waals surface area contributed by atoms with Crippen molar-refractivity contribution < 1.29 is 14.3 Å². The minimum atomic E-state index is -0.117. The molecule has 2 rings (SSSR count). The third kappa shape index (κ3) is 2.88. The van der Waals surface area contributed by atoms with Gasteiger partial charge in [-0.2, -0.15) is 0 Å². The minimum absolute atomic E-state index is 0.0206. The molecule has 0 heterocycles. The molecule has 1 aromatic rings. The van der Waals surface area contributed by atoms with E-state index < -0.39 is 0 Å². The van der Waals surface area contributed by atoms with Crippen LogP contribution in [0.4, 0.5) is 0 Å². The molecule has 0 atom stereocenters. The molecule has 1 aromatic carbocycles. The molecular weight excluding hydrogens is 230 g/mol. The van der Waals surface area contributed by atoms with Gasteiger partial charge in [0.1, 0.15) is 5.75 Å². The highest BCUT2D eigenvalue weighted by Crippen LogP contribution is 2.25. The highest BCUT2D eigenvalue weighted by Gasteiger charge is 2.19. The lowest BCUT2D eigenvalue weighted by molar-refractivity contribution is -0.123. The molecular formula is C14H17NO3. The van der Waals surface area contributed by atoms with Crippen molar-refractivity contribution in [3.8, 4) is 5.75 Å². The van der Waals surface area contributed by atoms with Crippen LogP contribution in [0.25, 0.3) is 0 Å². The molecule has 4 heteroatoms. The average Bonchev–Trinajstić information content (AvgIpc) is 2.75. The zero-order valence-electron chi connectivity index (χ0n) is 10.5. The lowest BCUT2D eigenvalue weighted by atomic mass is 10.1. The van der Waals surface area contributed by atoms with E-state index in [9.17, 15) is 9.59 Å². The van der Waals surface area contributed by atoms with E-state index in [1.54, 1.807) is 12.1 Å². The molecule has 0 aliphatic heterocycles. The summed E-state index contributed by atoms with van der Waals surface area (Å²) < 4.78 is 5.40. The molecule has 0 spiro atoms. The molecule has 0 saturated heterocycles. The molecule has 1 amide bonds. The highest BCUT2D eigenvalue weighted by molar-refractivity contribution is 6.00. The van der Waals surface area contributed by atoms with Gasteiger partial charge in [-0.05, 0) is 36.6 Å². The smallest absolute Gasteiger partial charge is 0.257 e. The first kappa shape index (κ1) is 12.6. The summed E-state index contributed by atoms with van der Waals surface area (Å²) in [6, 6.07) is 5.38. The van der Waals surface area contributed by atoms with E-state index >= 15 is 0 Å². The maximum absolute atomic E-state index is 11.5. The number of ketones is 1. The number of fused-ring (bicyclic) bond motifs is 1. The fourth-order valence-electron chi connectivity index (χ4n) is 1.99. The monoisotopic (exact) mass is 247 g/mol. The van der Waals surface area contributed by atoms with Crippen molar-refractivity contribution in [2.45, 2.75) is 26.2 Å². The third-order valence-electron chi connectivity index (χ3n) is 2.94. The van der Waals surface area contributed by atoms with Gasteiger partial charge in [0.2, 0.25) is 0 Å². The first-order chi connectivity index (χ1) is 8.70. The topological polar surface area (TPSA) is 55.4 Å². The van der Waals surface area contributed by atoms with Crippen molar-refractivity contribution in [2.24, 2.45) is 0 Å². The van der Waals surface area contributed by atoms with Crippen LogP contribution >= 0.6 is 0 Å². The second-order valence-electron chi connectivity index (χ2n) is 4.38. The normalized spacial score (nSPS) is 13.3. The van der Waals surface area contributed by atoms with Gasteiger partial charge in [-0.15, -0.1) is 0 Å². The predicted octanol–water partition coefficient (Wildman–Crippen LogP) is 1.72. The van der Waals surface area contributed by atoms with Gasteiger partial charge in [0, 0.05) is 18.5 Å². The lowest BCUT2D eigenvalue weighted by Crippen LogP contribution is -2.29. The average molecular weight is 247 g/mol. The van der Waals surface area contributed by atoms with Crippen LogP contribution in [0.2, 0.25) is 0 Å². The zero-order chi connectivity index (χ0) is 13.0. The van der Waals surface area contributed by atoms with Crippen LogP contribution in [0.15, 0.2) is 18.2 Å². The SMILES string of the molecule is CCCNC(=O)COc1ccc2c(c1)CCC2=O. The second-order valence-corrected chi connectivity index (χ2v) is 4.38. The number of hydrogen-bond donors (Lipinski definition) is 1. The zero-order valence-corrected chi connectivity index (χ0v) is 10.5. The second kappa shape index (κ2) is 5.67. The molecule has 4 nitrogen and oxygen atoms in total. The number of nitrogens with one attached hydrogen (secondary N) is 1. The van der Waals surface area contributed by atoms with Gasteiger partial charge in [-0.1, -0.05) is 6.92 Å². The molecule has 0 bridgehead atoms. The number of carbonyl (C=O) groups is 2. The summed E-state index contributed by atoms with van der Waals surface area (Å²) in [5.74, 6) is 0.723. The van der Waals surface area contributed by atoms with Gasteiger partial charge in [0.25, 0.3) is 5.91 Å². The van der Waals surface area contributed by atoms with Crippen molar-refractivity contribution in [1.29, 1.82) is 0 Å². The Balaban J connectivity index is 1.91. The van der Waals surface area contributed by atoms with E-state index in [2.05, 4.69) is 5.32 Å². The van der Waals surface area contributed by atoms with E-state index in [1.807, 2.05) is 13.0 Å². The fourth-order valence-corrected chi connectivity index (χ4v) is 1.99. The number of rotatable bonds is 5.